The summed E-state index contributed by atoms with van der Waals surface area (Å²) in [6.45, 7) is 2.15. The Hall–Kier alpha value is -1.35. The number of nitrogens with one attached hydrogen (secondary N) is 1. The van der Waals surface area contributed by atoms with Gasteiger partial charge in [0.25, 0.3) is 0 Å². The number of hydrogen-bond acceptors (Lipinski definition) is 3. The van der Waals surface area contributed by atoms with Crippen molar-refractivity contribution in [1.29, 1.82) is 0 Å². The highest BCUT2D eigenvalue weighted by molar-refractivity contribution is 5.49. The van der Waals surface area contributed by atoms with Gasteiger partial charge in [-0.2, -0.15) is 0 Å². The molecule has 1 heterocycles. The second-order valence-corrected chi connectivity index (χ2v) is 3.49. The van der Waals surface area contributed by atoms with Crippen molar-refractivity contribution in [1.82, 2.24) is 10.3 Å². The van der Waals surface area contributed by atoms with E-state index in [1.807, 2.05) is 19.3 Å². The Labute approximate surface area is 91.2 Å². The summed E-state index contributed by atoms with van der Waals surface area (Å²) in [5.41, 5.74) is 1.07. The highest BCUT2D eigenvalue weighted by Crippen LogP contribution is 2.11. The number of rotatable bonds is 5. The maximum absolute atomic E-state index is 5.09. The van der Waals surface area contributed by atoms with Crippen molar-refractivity contribution in [3.05, 3.63) is 30.1 Å². The van der Waals surface area contributed by atoms with Gasteiger partial charge in [0.05, 0.1) is 13.3 Å². The fourth-order valence-corrected chi connectivity index (χ4v) is 1.16. The van der Waals surface area contributed by atoms with E-state index in [4.69, 9.17) is 4.74 Å². The minimum Gasteiger partial charge on any atom is -0.495 e. The van der Waals surface area contributed by atoms with E-state index in [1.165, 1.54) is 0 Å². The van der Waals surface area contributed by atoms with Crippen LogP contribution in [0.2, 0.25) is 0 Å². The highest BCUT2D eigenvalue weighted by Gasteiger charge is 1.94. The maximum atomic E-state index is 5.09. The molecular weight excluding hydrogens is 188 g/mol. The molecule has 0 unspecified atom stereocenters. The van der Waals surface area contributed by atoms with Crippen molar-refractivity contribution >= 4 is 6.08 Å². The zero-order valence-electron chi connectivity index (χ0n) is 9.53. The SMILES string of the molecule is CN[C@H](C)C/C=C/c1cncc(OC)c1. The van der Waals surface area contributed by atoms with Gasteiger partial charge in [-0.1, -0.05) is 12.2 Å². The van der Waals surface area contributed by atoms with Crippen LogP contribution in [-0.2, 0) is 0 Å². The molecule has 0 saturated heterocycles. The van der Waals surface area contributed by atoms with Crippen LogP contribution in [0.4, 0.5) is 0 Å². The number of aromatic nitrogens is 1. The van der Waals surface area contributed by atoms with E-state index in [2.05, 4.69) is 29.4 Å². The van der Waals surface area contributed by atoms with Gasteiger partial charge in [-0.25, -0.2) is 0 Å². The van der Waals surface area contributed by atoms with Crippen molar-refractivity contribution < 1.29 is 4.74 Å². The number of pyridine rings is 1. The summed E-state index contributed by atoms with van der Waals surface area (Å²) in [7, 11) is 3.61. The summed E-state index contributed by atoms with van der Waals surface area (Å²) >= 11 is 0. The van der Waals surface area contributed by atoms with Gasteiger partial charge < -0.3 is 10.1 Å². The molecule has 0 radical (unpaired) electrons. The Kier molecular flexibility index (Phi) is 4.84. The lowest BCUT2D eigenvalue weighted by molar-refractivity contribution is 0.413. The number of methoxy groups -OCH3 is 1. The van der Waals surface area contributed by atoms with E-state index in [0.29, 0.717) is 6.04 Å². The standard InChI is InChI=1S/C12H18N2O/c1-10(13-2)5-4-6-11-7-12(15-3)9-14-8-11/h4,6-10,13H,5H2,1-3H3/b6-4+/t10-/m1/s1. The van der Waals surface area contributed by atoms with Gasteiger partial charge in [0.1, 0.15) is 5.75 Å². The molecule has 1 N–H and O–H groups in total. The van der Waals surface area contributed by atoms with Crippen LogP contribution in [-0.4, -0.2) is 25.2 Å². The van der Waals surface area contributed by atoms with Crippen LogP contribution < -0.4 is 10.1 Å². The second kappa shape index (κ2) is 6.19. The first-order valence-corrected chi connectivity index (χ1v) is 5.09. The van der Waals surface area contributed by atoms with E-state index in [-0.39, 0.29) is 0 Å². The average molecular weight is 206 g/mol. The van der Waals surface area contributed by atoms with Gasteiger partial charge in [0.2, 0.25) is 0 Å². The topological polar surface area (TPSA) is 34.2 Å². The van der Waals surface area contributed by atoms with Crippen LogP contribution in [0.25, 0.3) is 6.08 Å². The first kappa shape index (κ1) is 11.7. The van der Waals surface area contributed by atoms with Crippen LogP contribution in [0, 0.1) is 0 Å². The Morgan fingerprint density at radius 3 is 3.00 bits per heavy atom. The largest absolute Gasteiger partial charge is 0.495 e. The summed E-state index contributed by atoms with van der Waals surface area (Å²) in [5, 5.41) is 3.18. The van der Waals surface area contributed by atoms with E-state index < -0.39 is 0 Å². The van der Waals surface area contributed by atoms with E-state index in [9.17, 15) is 0 Å². The number of ether oxygens (including phenoxy) is 1. The molecule has 82 valence electrons. The smallest absolute Gasteiger partial charge is 0.137 e. The van der Waals surface area contributed by atoms with Gasteiger partial charge in [-0.3, -0.25) is 4.98 Å². The van der Waals surface area contributed by atoms with Crippen LogP contribution in [0.1, 0.15) is 18.9 Å². The summed E-state index contributed by atoms with van der Waals surface area (Å²) in [6, 6.07) is 2.47. The Morgan fingerprint density at radius 1 is 1.53 bits per heavy atom. The number of hydrogen-bond donors (Lipinski definition) is 1. The van der Waals surface area contributed by atoms with Crippen LogP contribution in [0.5, 0.6) is 5.75 Å². The summed E-state index contributed by atoms with van der Waals surface area (Å²) in [4.78, 5) is 4.08. The molecule has 15 heavy (non-hydrogen) atoms. The molecule has 0 aliphatic carbocycles. The van der Waals surface area contributed by atoms with Gasteiger partial charge in [0, 0.05) is 12.2 Å². The summed E-state index contributed by atoms with van der Waals surface area (Å²) in [6.07, 6.45) is 8.73. The molecular formula is C12H18N2O. The van der Waals surface area contributed by atoms with Crippen molar-refractivity contribution in [2.24, 2.45) is 0 Å². The zero-order valence-corrected chi connectivity index (χ0v) is 9.53. The molecule has 1 aromatic heterocycles. The van der Waals surface area contributed by atoms with Crippen molar-refractivity contribution in [2.75, 3.05) is 14.2 Å². The Bertz CT molecular complexity index is 323. The third-order valence-electron chi connectivity index (χ3n) is 2.26. The van der Waals surface area contributed by atoms with Gasteiger partial charge in [-0.05, 0) is 32.0 Å². The normalized spacial score (nSPS) is 13.0. The van der Waals surface area contributed by atoms with Crippen molar-refractivity contribution in [3.8, 4) is 5.75 Å². The van der Waals surface area contributed by atoms with Crippen molar-refractivity contribution in [3.63, 3.8) is 0 Å². The first-order valence-electron chi connectivity index (χ1n) is 5.09. The van der Waals surface area contributed by atoms with E-state index >= 15 is 0 Å². The molecule has 3 nitrogen and oxygen atoms in total. The Morgan fingerprint density at radius 2 is 2.33 bits per heavy atom. The lowest BCUT2D eigenvalue weighted by Gasteiger charge is -2.05. The lowest BCUT2D eigenvalue weighted by Crippen LogP contribution is -2.19. The molecule has 0 fully saturated rings. The average Bonchev–Trinajstić information content (AvgIpc) is 2.29. The van der Waals surface area contributed by atoms with Crippen LogP contribution in [0.15, 0.2) is 24.5 Å². The summed E-state index contributed by atoms with van der Waals surface area (Å²) in [5.74, 6) is 0.791. The zero-order chi connectivity index (χ0) is 11.1. The quantitative estimate of drug-likeness (QED) is 0.801. The molecule has 0 aliphatic heterocycles. The van der Waals surface area contributed by atoms with Gasteiger partial charge in [-0.15, -0.1) is 0 Å². The molecule has 0 amide bonds. The molecule has 3 heteroatoms. The lowest BCUT2D eigenvalue weighted by atomic mass is 10.2. The molecule has 0 aliphatic rings. The van der Waals surface area contributed by atoms with E-state index in [1.54, 1.807) is 13.3 Å². The molecule has 0 aromatic carbocycles. The summed E-state index contributed by atoms with van der Waals surface area (Å²) < 4.78 is 5.09. The highest BCUT2D eigenvalue weighted by atomic mass is 16.5. The third-order valence-corrected chi connectivity index (χ3v) is 2.26. The second-order valence-electron chi connectivity index (χ2n) is 3.49. The fraction of sp³-hybridized carbons (Fsp3) is 0.417. The predicted molar refractivity (Wildman–Crippen MR) is 63.0 cm³/mol. The maximum Gasteiger partial charge on any atom is 0.137 e. The monoisotopic (exact) mass is 206 g/mol. The van der Waals surface area contributed by atoms with Crippen LogP contribution >= 0.6 is 0 Å². The predicted octanol–water partition coefficient (Wildman–Crippen LogP) is 2.10. The molecule has 0 bridgehead atoms. The van der Waals surface area contributed by atoms with Crippen LogP contribution in [0.3, 0.4) is 0 Å². The van der Waals surface area contributed by atoms with Crippen molar-refractivity contribution in [2.45, 2.75) is 19.4 Å². The van der Waals surface area contributed by atoms with Gasteiger partial charge >= 0.3 is 0 Å². The molecule has 0 saturated carbocycles. The molecule has 1 atom stereocenters. The fourth-order valence-electron chi connectivity index (χ4n) is 1.16. The first-order chi connectivity index (χ1) is 7.26. The van der Waals surface area contributed by atoms with E-state index in [0.717, 1.165) is 17.7 Å². The number of nitrogens with zero attached hydrogens (tertiary/aromatic N) is 1. The Balaban J connectivity index is 2.56. The third kappa shape index (κ3) is 4.13. The molecule has 1 aromatic rings. The van der Waals surface area contributed by atoms with Gasteiger partial charge in [0.15, 0.2) is 0 Å². The molecule has 0 spiro atoms. The minimum absolute atomic E-state index is 0.500. The molecule has 1 rings (SSSR count). The minimum atomic E-state index is 0.500.